The highest BCUT2D eigenvalue weighted by atomic mass is 79.9. The van der Waals surface area contributed by atoms with Gasteiger partial charge in [-0.1, -0.05) is 31.2 Å². The monoisotopic (exact) mass is 386 g/mol. The summed E-state index contributed by atoms with van der Waals surface area (Å²) in [4.78, 5) is 12.2. The number of benzene rings is 1. The Morgan fingerprint density at radius 2 is 1.78 bits per heavy atom. The maximum absolute atomic E-state index is 12.2. The third-order valence-electron chi connectivity index (χ3n) is 2.75. The third kappa shape index (κ3) is 3.31. The van der Waals surface area contributed by atoms with E-state index < -0.39 is 0 Å². The molecule has 2 rings (SSSR count). The summed E-state index contributed by atoms with van der Waals surface area (Å²) in [6.07, 6.45) is 1.48. The van der Waals surface area contributed by atoms with Gasteiger partial charge in [-0.3, -0.25) is 4.79 Å². The molecule has 0 N–H and O–H groups in total. The van der Waals surface area contributed by atoms with Crippen LogP contribution in [0, 0.1) is 0 Å². The minimum absolute atomic E-state index is 0.146. The number of carbonyl (C=O) groups is 1. The molecule has 0 aliphatic rings. The summed E-state index contributed by atoms with van der Waals surface area (Å²) in [5, 5.41) is 0. The molecule has 0 amide bonds. The van der Waals surface area contributed by atoms with Crippen LogP contribution in [0.4, 0.5) is 0 Å². The molecule has 0 bridgehead atoms. The summed E-state index contributed by atoms with van der Waals surface area (Å²) < 4.78 is 1.86. The largest absolute Gasteiger partial charge is 0.294 e. The minimum atomic E-state index is 0.146. The van der Waals surface area contributed by atoms with E-state index in [0.29, 0.717) is 6.42 Å². The summed E-state index contributed by atoms with van der Waals surface area (Å²) in [6, 6.07) is 10.1. The van der Waals surface area contributed by atoms with E-state index in [2.05, 4.69) is 50.9 Å². The second kappa shape index (κ2) is 6.13. The van der Waals surface area contributed by atoms with Gasteiger partial charge in [0, 0.05) is 12.0 Å². The molecule has 0 saturated carbocycles. The Hall–Kier alpha value is -0.450. The molecular formula is C14H12Br2OS. The summed E-state index contributed by atoms with van der Waals surface area (Å²) in [6.45, 7) is 2.13. The highest BCUT2D eigenvalue weighted by Crippen LogP contribution is 2.32. The van der Waals surface area contributed by atoms with E-state index in [9.17, 15) is 4.79 Å². The zero-order valence-corrected chi connectivity index (χ0v) is 13.9. The van der Waals surface area contributed by atoms with Gasteiger partial charge in [0.1, 0.15) is 0 Å². The number of ketones is 1. The second-order valence-electron chi connectivity index (χ2n) is 4.01. The molecule has 18 heavy (non-hydrogen) atoms. The van der Waals surface area contributed by atoms with Gasteiger partial charge in [0.05, 0.1) is 7.57 Å². The van der Waals surface area contributed by atoms with Crippen LogP contribution >= 0.6 is 43.2 Å². The average Bonchev–Trinajstić information content (AvgIpc) is 2.69. The Kier molecular flexibility index (Phi) is 4.76. The molecule has 0 radical (unpaired) electrons. The van der Waals surface area contributed by atoms with Gasteiger partial charge in [-0.15, -0.1) is 11.3 Å². The Morgan fingerprint density at radius 3 is 2.28 bits per heavy atom. The lowest BCUT2D eigenvalue weighted by atomic mass is 10.0. The van der Waals surface area contributed by atoms with Gasteiger partial charge in [-0.25, -0.2) is 0 Å². The highest BCUT2D eigenvalue weighted by Gasteiger charge is 2.14. The van der Waals surface area contributed by atoms with Gasteiger partial charge >= 0.3 is 0 Å². The van der Waals surface area contributed by atoms with Crippen molar-refractivity contribution in [3.05, 3.63) is 54.6 Å². The standard InChI is InChI=1S/C14H12Br2OS/c1-2-9-3-5-10(6-4-9)7-12(17)11-8-13(15)18-14(11)16/h3-6,8H,2,7H2,1H3. The lowest BCUT2D eigenvalue weighted by molar-refractivity contribution is 0.0992. The molecule has 1 heterocycles. The molecule has 0 saturated heterocycles. The van der Waals surface area contributed by atoms with Crippen molar-refractivity contribution in [2.24, 2.45) is 0 Å². The van der Waals surface area contributed by atoms with E-state index in [1.165, 1.54) is 16.9 Å². The zero-order chi connectivity index (χ0) is 13.1. The fourth-order valence-electron chi connectivity index (χ4n) is 1.70. The van der Waals surface area contributed by atoms with Crippen LogP contribution in [0.1, 0.15) is 28.4 Å². The molecular weight excluding hydrogens is 376 g/mol. The van der Waals surface area contributed by atoms with Crippen LogP contribution in [0.25, 0.3) is 0 Å². The van der Waals surface area contributed by atoms with E-state index in [0.717, 1.165) is 25.1 Å². The third-order valence-corrected chi connectivity index (χ3v) is 5.09. The lowest BCUT2D eigenvalue weighted by Gasteiger charge is -2.02. The maximum Gasteiger partial charge on any atom is 0.169 e. The van der Waals surface area contributed by atoms with Gasteiger partial charge in [-0.05, 0) is 55.5 Å². The van der Waals surface area contributed by atoms with Gasteiger partial charge < -0.3 is 0 Å². The minimum Gasteiger partial charge on any atom is -0.294 e. The highest BCUT2D eigenvalue weighted by molar-refractivity contribution is 9.12. The maximum atomic E-state index is 12.2. The van der Waals surface area contributed by atoms with Crippen molar-refractivity contribution in [3.63, 3.8) is 0 Å². The quantitative estimate of drug-likeness (QED) is 0.653. The number of Topliss-reactive ketones (excluding diaryl/α,β-unsaturated/α-hetero) is 1. The van der Waals surface area contributed by atoms with Crippen LogP contribution in [-0.2, 0) is 12.8 Å². The molecule has 94 valence electrons. The van der Waals surface area contributed by atoms with Crippen molar-refractivity contribution in [2.75, 3.05) is 0 Å². The molecule has 1 nitrogen and oxygen atoms in total. The van der Waals surface area contributed by atoms with Crippen molar-refractivity contribution < 1.29 is 4.79 Å². The fraction of sp³-hybridized carbons (Fsp3) is 0.214. The first-order valence-corrected chi connectivity index (χ1v) is 8.06. The van der Waals surface area contributed by atoms with Gasteiger partial charge in [-0.2, -0.15) is 0 Å². The molecule has 0 unspecified atom stereocenters. The van der Waals surface area contributed by atoms with Crippen molar-refractivity contribution >= 4 is 49.0 Å². The topological polar surface area (TPSA) is 17.1 Å². The van der Waals surface area contributed by atoms with Crippen LogP contribution < -0.4 is 0 Å². The Balaban J connectivity index is 2.13. The SMILES string of the molecule is CCc1ccc(CC(=O)c2cc(Br)sc2Br)cc1. The summed E-state index contributed by atoms with van der Waals surface area (Å²) in [7, 11) is 0. The average molecular weight is 388 g/mol. The molecule has 0 atom stereocenters. The molecule has 0 aliphatic heterocycles. The first kappa shape index (κ1) is 14.0. The van der Waals surface area contributed by atoms with Crippen molar-refractivity contribution in [1.29, 1.82) is 0 Å². The summed E-state index contributed by atoms with van der Waals surface area (Å²) >= 11 is 8.34. The number of hydrogen-bond donors (Lipinski definition) is 0. The Labute approximate surface area is 127 Å². The van der Waals surface area contributed by atoms with Gasteiger partial charge in [0.25, 0.3) is 0 Å². The normalized spacial score (nSPS) is 10.6. The number of halogens is 2. The predicted octanol–water partition coefficient (Wildman–Crippen LogP) is 5.26. The van der Waals surface area contributed by atoms with E-state index in [1.807, 2.05) is 18.2 Å². The molecule has 0 aliphatic carbocycles. The molecule has 0 spiro atoms. The zero-order valence-electron chi connectivity index (χ0n) is 9.87. The first-order chi connectivity index (χ1) is 8.60. The number of carbonyl (C=O) groups excluding carboxylic acids is 1. The fourth-order valence-corrected chi connectivity index (χ4v) is 4.56. The van der Waals surface area contributed by atoms with E-state index >= 15 is 0 Å². The van der Waals surface area contributed by atoms with Crippen LogP contribution in [0.2, 0.25) is 0 Å². The van der Waals surface area contributed by atoms with Crippen LogP contribution in [0.3, 0.4) is 0 Å². The Bertz CT molecular complexity index is 558. The smallest absolute Gasteiger partial charge is 0.169 e. The molecule has 4 heteroatoms. The van der Waals surface area contributed by atoms with Crippen LogP contribution in [-0.4, -0.2) is 5.78 Å². The lowest BCUT2D eigenvalue weighted by Crippen LogP contribution is -2.02. The molecule has 0 fully saturated rings. The van der Waals surface area contributed by atoms with Crippen molar-refractivity contribution in [3.8, 4) is 0 Å². The van der Waals surface area contributed by atoms with Crippen LogP contribution in [0.15, 0.2) is 37.9 Å². The molecule has 1 aromatic carbocycles. The first-order valence-electron chi connectivity index (χ1n) is 5.66. The summed E-state index contributed by atoms with van der Waals surface area (Å²) in [5.41, 5.74) is 3.11. The van der Waals surface area contributed by atoms with Crippen LogP contribution in [0.5, 0.6) is 0 Å². The van der Waals surface area contributed by atoms with Crippen molar-refractivity contribution in [2.45, 2.75) is 19.8 Å². The molecule has 2 aromatic rings. The second-order valence-corrected chi connectivity index (χ2v) is 7.76. The number of thiophene rings is 1. The Morgan fingerprint density at radius 1 is 1.17 bits per heavy atom. The van der Waals surface area contributed by atoms with Gasteiger partial charge in [0.2, 0.25) is 0 Å². The van der Waals surface area contributed by atoms with E-state index in [1.54, 1.807) is 0 Å². The van der Waals surface area contributed by atoms with E-state index in [4.69, 9.17) is 0 Å². The number of aryl methyl sites for hydroxylation is 1. The summed E-state index contributed by atoms with van der Waals surface area (Å²) in [5.74, 6) is 0.146. The predicted molar refractivity (Wildman–Crippen MR) is 83.6 cm³/mol. The molecule has 1 aromatic heterocycles. The van der Waals surface area contributed by atoms with E-state index in [-0.39, 0.29) is 5.78 Å². The number of hydrogen-bond acceptors (Lipinski definition) is 2. The van der Waals surface area contributed by atoms with Gasteiger partial charge in [0.15, 0.2) is 5.78 Å². The van der Waals surface area contributed by atoms with Crippen molar-refractivity contribution in [1.82, 2.24) is 0 Å². The number of rotatable bonds is 4.